The van der Waals surface area contributed by atoms with E-state index >= 15 is 0 Å². The zero-order valence-corrected chi connectivity index (χ0v) is 11.3. The third-order valence-corrected chi connectivity index (χ3v) is 3.02. The van der Waals surface area contributed by atoms with Crippen LogP contribution < -0.4 is 0 Å². The zero-order chi connectivity index (χ0) is 13.4. The third kappa shape index (κ3) is 4.51. The van der Waals surface area contributed by atoms with Gasteiger partial charge in [0.15, 0.2) is 0 Å². The fraction of sp³-hybridized carbons (Fsp3) is 0.714. The summed E-state index contributed by atoms with van der Waals surface area (Å²) in [4.78, 5) is 22.9. The second-order valence-electron chi connectivity index (χ2n) is 4.47. The van der Waals surface area contributed by atoms with Crippen molar-refractivity contribution in [2.75, 3.05) is 13.2 Å². The van der Waals surface area contributed by atoms with Gasteiger partial charge in [-0.2, -0.15) is 0 Å². The first kappa shape index (κ1) is 14.7. The third-order valence-electron chi connectivity index (χ3n) is 3.02. The highest BCUT2D eigenvalue weighted by molar-refractivity contribution is 5.93. The lowest BCUT2D eigenvalue weighted by molar-refractivity contribution is -0.143. The van der Waals surface area contributed by atoms with Crippen molar-refractivity contribution in [3.63, 3.8) is 0 Å². The van der Waals surface area contributed by atoms with E-state index in [4.69, 9.17) is 9.47 Å². The molecule has 0 bridgehead atoms. The van der Waals surface area contributed by atoms with Crippen LogP contribution in [0.1, 0.15) is 52.4 Å². The number of unbranched alkanes of at least 4 members (excludes halogenated alkanes) is 3. The molecule has 102 valence electrons. The Morgan fingerprint density at radius 1 is 1.28 bits per heavy atom. The van der Waals surface area contributed by atoms with Gasteiger partial charge in [0.05, 0.1) is 13.0 Å². The molecule has 0 N–H and O–H groups in total. The van der Waals surface area contributed by atoms with E-state index in [1.165, 1.54) is 12.8 Å². The van der Waals surface area contributed by atoms with E-state index < -0.39 is 0 Å². The summed E-state index contributed by atoms with van der Waals surface area (Å²) in [6.45, 7) is 4.75. The van der Waals surface area contributed by atoms with Gasteiger partial charge in [0.2, 0.25) is 0 Å². The number of hydrogen-bond acceptors (Lipinski definition) is 4. The van der Waals surface area contributed by atoms with Crippen LogP contribution >= 0.6 is 0 Å². The quantitative estimate of drug-likeness (QED) is 0.493. The van der Waals surface area contributed by atoms with Gasteiger partial charge in [0.25, 0.3) is 0 Å². The molecule has 0 saturated carbocycles. The van der Waals surface area contributed by atoms with Crippen molar-refractivity contribution >= 4 is 11.9 Å². The lowest BCUT2D eigenvalue weighted by atomic mass is 10.1. The average molecular weight is 254 g/mol. The summed E-state index contributed by atoms with van der Waals surface area (Å²) in [6, 6.07) is 0. The van der Waals surface area contributed by atoms with Crippen molar-refractivity contribution in [1.82, 2.24) is 0 Å². The number of rotatable bonds is 8. The van der Waals surface area contributed by atoms with E-state index in [0.29, 0.717) is 18.6 Å². The first-order valence-corrected chi connectivity index (χ1v) is 6.72. The number of hydrogen-bond donors (Lipinski definition) is 0. The molecule has 1 rings (SSSR count). The maximum atomic E-state index is 11.6. The van der Waals surface area contributed by atoms with Crippen LogP contribution in [0, 0.1) is 0 Å². The number of carbonyl (C=O) groups is 2. The fourth-order valence-electron chi connectivity index (χ4n) is 1.96. The predicted octanol–water partition coefficient (Wildman–Crippen LogP) is 2.76. The Labute approximate surface area is 108 Å². The molecule has 0 aromatic rings. The largest absolute Gasteiger partial charge is 0.465 e. The summed E-state index contributed by atoms with van der Waals surface area (Å²) in [5.74, 6) is -0.547. The molecule has 4 nitrogen and oxygen atoms in total. The van der Waals surface area contributed by atoms with E-state index in [0.717, 1.165) is 18.4 Å². The first-order chi connectivity index (χ1) is 8.69. The smallest absolute Gasteiger partial charge is 0.334 e. The Morgan fingerprint density at radius 2 is 2.06 bits per heavy atom. The van der Waals surface area contributed by atoms with E-state index in [-0.39, 0.29) is 25.0 Å². The molecular weight excluding hydrogens is 232 g/mol. The van der Waals surface area contributed by atoms with Crippen molar-refractivity contribution in [1.29, 1.82) is 0 Å². The normalized spacial score (nSPS) is 14.9. The van der Waals surface area contributed by atoms with E-state index in [1.807, 2.05) is 6.92 Å². The molecule has 1 aliphatic heterocycles. The number of esters is 2. The molecule has 0 unspecified atom stereocenters. The van der Waals surface area contributed by atoms with E-state index in [9.17, 15) is 9.59 Å². The van der Waals surface area contributed by atoms with Crippen molar-refractivity contribution in [3.8, 4) is 0 Å². The van der Waals surface area contributed by atoms with Gasteiger partial charge in [-0.3, -0.25) is 4.79 Å². The highest BCUT2D eigenvalue weighted by atomic mass is 16.5. The molecule has 4 heteroatoms. The Kier molecular flexibility index (Phi) is 6.47. The minimum Gasteiger partial charge on any atom is -0.465 e. The molecule has 0 saturated heterocycles. The van der Waals surface area contributed by atoms with Crippen molar-refractivity contribution in [2.24, 2.45) is 0 Å². The lowest BCUT2D eigenvalue weighted by Gasteiger charge is -2.05. The van der Waals surface area contributed by atoms with Crippen LogP contribution in [0.4, 0.5) is 0 Å². The fourth-order valence-corrected chi connectivity index (χ4v) is 1.96. The molecule has 1 aliphatic rings. The second-order valence-corrected chi connectivity index (χ2v) is 4.47. The van der Waals surface area contributed by atoms with Crippen molar-refractivity contribution in [2.45, 2.75) is 52.4 Å². The van der Waals surface area contributed by atoms with Gasteiger partial charge in [-0.1, -0.05) is 33.1 Å². The second kappa shape index (κ2) is 7.90. The highest BCUT2D eigenvalue weighted by Crippen LogP contribution is 2.21. The minimum atomic E-state index is -0.289. The molecule has 0 amide bonds. The maximum Gasteiger partial charge on any atom is 0.334 e. The Bertz CT molecular complexity index is 331. The summed E-state index contributed by atoms with van der Waals surface area (Å²) in [6.07, 6.45) is 5.13. The van der Waals surface area contributed by atoms with Gasteiger partial charge >= 0.3 is 11.9 Å². The Balaban J connectivity index is 2.28. The zero-order valence-electron chi connectivity index (χ0n) is 11.3. The summed E-state index contributed by atoms with van der Waals surface area (Å²) >= 11 is 0. The maximum absolute atomic E-state index is 11.6. The Hall–Kier alpha value is -1.32. The van der Waals surface area contributed by atoms with Gasteiger partial charge in [-0.25, -0.2) is 4.79 Å². The molecule has 1 heterocycles. The SMILES string of the molecule is CCCCCCOC(=O)CC1=C(CC)C(=O)OC1. The molecule has 0 aromatic carbocycles. The van der Waals surface area contributed by atoms with Gasteiger partial charge in [0, 0.05) is 5.57 Å². The van der Waals surface area contributed by atoms with E-state index in [2.05, 4.69) is 6.92 Å². The van der Waals surface area contributed by atoms with Gasteiger partial charge in [0.1, 0.15) is 6.61 Å². The lowest BCUT2D eigenvalue weighted by Crippen LogP contribution is -2.08. The molecule has 0 radical (unpaired) electrons. The molecule has 0 aliphatic carbocycles. The Morgan fingerprint density at radius 3 is 2.72 bits per heavy atom. The first-order valence-electron chi connectivity index (χ1n) is 6.72. The van der Waals surface area contributed by atoms with Crippen LogP contribution in [-0.2, 0) is 19.1 Å². The van der Waals surface area contributed by atoms with Crippen molar-refractivity contribution < 1.29 is 19.1 Å². The number of carbonyl (C=O) groups excluding carboxylic acids is 2. The van der Waals surface area contributed by atoms with Crippen LogP contribution in [0.5, 0.6) is 0 Å². The number of cyclic esters (lactones) is 1. The summed E-state index contributed by atoms with van der Waals surface area (Å²) in [5, 5.41) is 0. The number of ether oxygens (including phenoxy) is 2. The van der Waals surface area contributed by atoms with Crippen LogP contribution in [0.3, 0.4) is 0 Å². The standard InChI is InChI=1S/C14H22O4/c1-3-5-6-7-8-17-13(15)9-11-10-18-14(16)12(11)4-2/h3-10H2,1-2H3. The monoisotopic (exact) mass is 254 g/mol. The van der Waals surface area contributed by atoms with Crippen LogP contribution in [0.25, 0.3) is 0 Å². The van der Waals surface area contributed by atoms with Crippen LogP contribution in [-0.4, -0.2) is 25.2 Å². The summed E-state index contributed by atoms with van der Waals surface area (Å²) in [5.41, 5.74) is 1.42. The molecule has 0 aromatic heterocycles. The van der Waals surface area contributed by atoms with Gasteiger partial charge in [-0.05, 0) is 18.4 Å². The minimum absolute atomic E-state index is 0.183. The van der Waals surface area contributed by atoms with Crippen LogP contribution in [0.15, 0.2) is 11.1 Å². The van der Waals surface area contributed by atoms with Crippen molar-refractivity contribution in [3.05, 3.63) is 11.1 Å². The molecule has 18 heavy (non-hydrogen) atoms. The molecule has 0 spiro atoms. The topological polar surface area (TPSA) is 52.6 Å². The molecule has 0 fully saturated rings. The average Bonchev–Trinajstić information content (AvgIpc) is 2.69. The van der Waals surface area contributed by atoms with Gasteiger partial charge in [-0.15, -0.1) is 0 Å². The molecule has 0 atom stereocenters. The molecular formula is C14H22O4. The predicted molar refractivity (Wildman–Crippen MR) is 68.0 cm³/mol. The van der Waals surface area contributed by atoms with E-state index in [1.54, 1.807) is 0 Å². The van der Waals surface area contributed by atoms with Gasteiger partial charge < -0.3 is 9.47 Å². The summed E-state index contributed by atoms with van der Waals surface area (Å²) in [7, 11) is 0. The van der Waals surface area contributed by atoms with Crippen LogP contribution in [0.2, 0.25) is 0 Å². The summed E-state index contributed by atoms with van der Waals surface area (Å²) < 4.78 is 10.0. The highest BCUT2D eigenvalue weighted by Gasteiger charge is 2.24.